The van der Waals surface area contributed by atoms with Crippen molar-refractivity contribution < 1.29 is 23.4 Å². The fourth-order valence-corrected chi connectivity index (χ4v) is 5.40. The molecular weight excluding hydrogens is 486 g/mol. The number of methoxy groups -OCH3 is 1. The van der Waals surface area contributed by atoms with E-state index in [1.54, 1.807) is 30.3 Å². The fourth-order valence-electron chi connectivity index (χ4n) is 5.14. The Morgan fingerprint density at radius 2 is 2.03 bits per heavy atom. The van der Waals surface area contributed by atoms with Gasteiger partial charge in [-0.15, -0.1) is 0 Å². The zero-order chi connectivity index (χ0) is 25.7. The van der Waals surface area contributed by atoms with Crippen LogP contribution in [-0.4, -0.2) is 47.7 Å². The highest BCUT2D eigenvalue weighted by Crippen LogP contribution is 2.42. The first-order valence-corrected chi connectivity index (χ1v) is 12.7. The zero-order valence-corrected chi connectivity index (χ0v) is 21.1. The molecule has 1 aromatic heterocycles. The van der Waals surface area contributed by atoms with Crippen molar-refractivity contribution in [3.63, 3.8) is 0 Å². The lowest BCUT2D eigenvalue weighted by Crippen LogP contribution is -2.44. The third kappa shape index (κ3) is 5.95. The van der Waals surface area contributed by atoms with Gasteiger partial charge in [0.2, 0.25) is 0 Å². The number of halogens is 3. The molecule has 1 aliphatic rings. The molecular formula is C28H31ClF2N2O3. The van der Waals surface area contributed by atoms with Crippen molar-refractivity contribution in [2.24, 2.45) is 5.41 Å². The van der Waals surface area contributed by atoms with E-state index < -0.39 is 17.6 Å². The van der Waals surface area contributed by atoms with E-state index in [1.807, 2.05) is 6.07 Å². The fraction of sp³-hybridized carbons (Fsp3) is 0.429. The van der Waals surface area contributed by atoms with E-state index in [2.05, 4.69) is 9.88 Å². The first-order valence-electron chi connectivity index (χ1n) is 12.3. The van der Waals surface area contributed by atoms with E-state index >= 15 is 4.39 Å². The number of aromatic nitrogens is 1. The summed E-state index contributed by atoms with van der Waals surface area (Å²) in [5.74, 6) is -0.531. The molecule has 5 nitrogen and oxygen atoms in total. The highest BCUT2D eigenvalue weighted by atomic mass is 35.5. The number of piperidine rings is 1. The number of benzene rings is 2. The van der Waals surface area contributed by atoms with Gasteiger partial charge in [-0.3, -0.25) is 9.78 Å². The van der Waals surface area contributed by atoms with Crippen molar-refractivity contribution in [1.29, 1.82) is 0 Å². The number of rotatable bonds is 10. The smallest absolute Gasteiger partial charge is 0.309 e. The molecule has 0 radical (unpaired) electrons. The van der Waals surface area contributed by atoms with Gasteiger partial charge < -0.3 is 14.7 Å². The minimum atomic E-state index is -1.42. The molecule has 0 bridgehead atoms. The van der Waals surface area contributed by atoms with Crippen LogP contribution in [-0.2, 0) is 11.2 Å². The highest BCUT2D eigenvalue weighted by molar-refractivity contribution is 6.32. The summed E-state index contributed by atoms with van der Waals surface area (Å²) in [6.07, 6.45) is 2.87. The second-order valence-corrected chi connectivity index (χ2v) is 9.98. The van der Waals surface area contributed by atoms with Crippen LogP contribution in [0.4, 0.5) is 8.78 Å². The maximum Gasteiger partial charge on any atom is 0.309 e. The van der Waals surface area contributed by atoms with Crippen molar-refractivity contribution in [1.82, 2.24) is 9.88 Å². The minimum Gasteiger partial charge on any atom is -0.497 e. The predicted molar refractivity (Wildman–Crippen MR) is 137 cm³/mol. The maximum absolute atomic E-state index is 15.6. The molecule has 1 saturated heterocycles. The monoisotopic (exact) mass is 516 g/mol. The van der Waals surface area contributed by atoms with Gasteiger partial charge in [0.25, 0.3) is 0 Å². The number of hydrogen-bond acceptors (Lipinski definition) is 4. The molecule has 2 heterocycles. The zero-order valence-electron chi connectivity index (χ0n) is 20.4. The van der Waals surface area contributed by atoms with Crippen LogP contribution in [0.1, 0.15) is 49.4 Å². The minimum absolute atomic E-state index is 0.0575. The molecule has 0 spiro atoms. The molecule has 4 rings (SSSR count). The van der Waals surface area contributed by atoms with Crippen LogP contribution in [0.2, 0.25) is 5.02 Å². The molecule has 192 valence electrons. The van der Waals surface area contributed by atoms with Gasteiger partial charge in [-0.1, -0.05) is 23.7 Å². The second kappa shape index (κ2) is 11.5. The normalized spacial score (nSPS) is 16.7. The summed E-state index contributed by atoms with van der Waals surface area (Å²) in [5, 5.41) is 10.9. The molecule has 0 aliphatic carbocycles. The van der Waals surface area contributed by atoms with Crippen LogP contribution in [0, 0.1) is 11.2 Å². The number of aliphatic carboxylic acids is 1. The van der Waals surface area contributed by atoms with E-state index in [1.165, 1.54) is 19.4 Å². The average molecular weight is 517 g/mol. The van der Waals surface area contributed by atoms with Crippen molar-refractivity contribution in [3.8, 4) is 5.75 Å². The van der Waals surface area contributed by atoms with Gasteiger partial charge in [-0.2, -0.15) is 0 Å². The topological polar surface area (TPSA) is 62.7 Å². The molecule has 1 N–H and O–H groups in total. The average Bonchev–Trinajstić information content (AvgIpc) is 2.87. The van der Waals surface area contributed by atoms with Gasteiger partial charge in [0, 0.05) is 17.1 Å². The molecule has 36 heavy (non-hydrogen) atoms. The van der Waals surface area contributed by atoms with E-state index in [0.29, 0.717) is 48.1 Å². The van der Waals surface area contributed by atoms with Crippen LogP contribution in [0.5, 0.6) is 5.75 Å². The largest absolute Gasteiger partial charge is 0.497 e. The lowest BCUT2D eigenvalue weighted by Gasteiger charge is -2.39. The van der Waals surface area contributed by atoms with Gasteiger partial charge in [-0.25, -0.2) is 8.78 Å². The standard InChI is InChI=1S/C28H31ClF2N2O3/c1-36-21-7-8-25-22(17-21)26(23(29)18-32-25)24(31)9-10-28(27(34)35)11-14-33(15-12-28)13-3-5-19-4-2-6-20(30)16-19/h2,4,6-8,16-18,24H,3,5,9-15H2,1H3,(H,34,35)/t24-/m0/s1. The third-order valence-corrected chi connectivity index (χ3v) is 7.65. The molecule has 1 aliphatic heterocycles. The van der Waals surface area contributed by atoms with Crippen LogP contribution in [0.15, 0.2) is 48.7 Å². The van der Waals surface area contributed by atoms with E-state index in [-0.39, 0.29) is 23.7 Å². The number of likely N-dealkylation sites (tertiary alicyclic amines) is 1. The third-order valence-electron chi connectivity index (χ3n) is 7.35. The Labute approximate surface area is 215 Å². The van der Waals surface area contributed by atoms with Crippen molar-refractivity contribution in [3.05, 3.63) is 70.6 Å². The number of carboxylic acids is 1. The van der Waals surface area contributed by atoms with Gasteiger partial charge >= 0.3 is 5.97 Å². The lowest BCUT2D eigenvalue weighted by molar-refractivity contribution is -0.153. The first kappa shape index (κ1) is 26.3. The molecule has 8 heteroatoms. The number of ether oxygens (including phenoxy) is 1. The van der Waals surface area contributed by atoms with Crippen molar-refractivity contribution >= 4 is 28.5 Å². The SMILES string of the molecule is COc1ccc2ncc(Cl)c([C@@H](F)CCC3(C(=O)O)CCN(CCCc4cccc(F)c4)CC3)c2c1. The van der Waals surface area contributed by atoms with E-state index in [4.69, 9.17) is 16.3 Å². The summed E-state index contributed by atoms with van der Waals surface area (Å²) in [5.41, 5.74) is 0.935. The van der Waals surface area contributed by atoms with E-state index in [9.17, 15) is 14.3 Å². The molecule has 0 saturated carbocycles. The summed E-state index contributed by atoms with van der Waals surface area (Å²) in [6, 6.07) is 11.8. The Balaban J connectivity index is 1.37. The van der Waals surface area contributed by atoms with Crippen molar-refractivity contribution in [2.75, 3.05) is 26.7 Å². The molecule has 2 aromatic carbocycles. The number of alkyl halides is 1. The van der Waals surface area contributed by atoms with Gasteiger partial charge in [0.1, 0.15) is 17.7 Å². The number of nitrogens with zero attached hydrogens (tertiary/aromatic N) is 2. The number of carboxylic acid groups (broad SMARTS) is 1. The number of pyridine rings is 1. The number of carbonyl (C=O) groups is 1. The number of aryl methyl sites for hydroxylation is 1. The Morgan fingerprint density at radius 1 is 1.25 bits per heavy atom. The van der Waals surface area contributed by atoms with Crippen LogP contribution >= 0.6 is 11.6 Å². The summed E-state index contributed by atoms with van der Waals surface area (Å²) < 4.78 is 34.2. The maximum atomic E-state index is 15.6. The van der Waals surface area contributed by atoms with Gasteiger partial charge in [0.05, 0.1) is 23.1 Å². The molecule has 0 unspecified atom stereocenters. The van der Waals surface area contributed by atoms with Gasteiger partial charge in [-0.05, 0) is 94.1 Å². The second-order valence-electron chi connectivity index (χ2n) is 9.57. The highest BCUT2D eigenvalue weighted by Gasteiger charge is 2.41. The van der Waals surface area contributed by atoms with Crippen LogP contribution < -0.4 is 4.74 Å². The molecule has 1 atom stereocenters. The summed E-state index contributed by atoms with van der Waals surface area (Å²) in [4.78, 5) is 18.8. The van der Waals surface area contributed by atoms with Gasteiger partial charge in [0.15, 0.2) is 0 Å². The Hall–Kier alpha value is -2.77. The molecule has 3 aromatic rings. The molecule has 1 fully saturated rings. The predicted octanol–water partition coefficient (Wildman–Crippen LogP) is 6.63. The van der Waals surface area contributed by atoms with Crippen LogP contribution in [0.3, 0.4) is 0 Å². The summed E-state index contributed by atoms with van der Waals surface area (Å²) in [6.45, 7) is 2.10. The quantitative estimate of drug-likeness (QED) is 0.328. The Morgan fingerprint density at radius 3 is 2.72 bits per heavy atom. The number of hydrogen-bond donors (Lipinski definition) is 1. The number of fused-ring (bicyclic) bond motifs is 1. The Bertz CT molecular complexity index is 1210. The summed E-state index contributed by atoms with van der Waals surface area (Å²) >= 11 is 6.35. The lowest BCUT2D eigenvalue weighted by atomic mass is 9.74. The van der Waals surface area contributed by atoms with Crippen LogP contribution in [0.25, 0.3) is 10.9 Å². The molecule has 0 amide bonds. The summed E-state index contributed by atoms with van der Waals surface area (Å²) in [7, 11) is 1.54. The van der Waals surface area contributed by atoms with E-state index in [0.717, 1.165) is 24.9 Å². The Kier molecular flexibility index (Phi) is 8.42. The van der Waals surface area contributed by atoms with Crippen molar-refractivity contribution in [2.45, 2.75) is 44.7 Å². The first-order chi connectivity index (χ1) is 17.3.